The van der Waals surface area contributed by atoms with E-state index in [2.05, 4.69) is 5.32 Å². The number of benzene rings is 1. The van der Waals surface area contributed by atoms with E-state index in [-0.39, 0.29) is 16.6 Å². The molecule has 0 bridgehead atoms. The second kappa shape index (κ2) is 5.20. The van der Waals surface area contributed by atoms with Crippen LogP contribution in [0.15, 0.2) is 12.1 Å². The van der Waals surface area contributed by atoms with Crippen molar-refractivity contribution in [2.24, 2.45) is 0 Å². The molecular formula is C12H13ClF2N2O. The molecule has 0 radical (unpaired) electrons. The summed E-state index contributed by atoms with van der Waals surface area (Å²) in [5, 5.41) is 2.73. The Morgan fingerprint density at radius 1 is 1.44 bits per heavy atom. The van der Waals surface area contributed by atoms with E-state index in [9.17, 15) is 13.6 Å². The van der Waals surface area contributed by atoms with Crippen LogP contribution in [-0.2, 0) is 0 Å². The van der Waals surface area contributed by atoms with Crippen LogP contribution in [-0.4, -0.2) is 37.0 Å². The number of rotatable bonds is 2. The molecule has 1 aliphatic heterocycles. The second-order valence-electron chi connectivity index (χ2n) is 4.27. The van der Waals surface area contributed by atoms with Gasteiger partial charge in [-0.2, -0.15) is 0 Å². The Bertz CT molecular complexity index is 481. The zero-order valence-corrected chi connectivity index (χ0v) is 10.6. The minimum atomic E-state index is -0.792. The van der Waals surface area contributed by atoms with Gasteiger partial charge in [-0.3, -0.25) is 4.79 Å². The predicted molar refractivity (Wildman–Crippen MR) is 64.7 cm³/mol. The van der Waals surface area contributed by atoms with Crippen LogP contribution in [0.2, 0.25) is 5.02 Å². The number of hydrogen-bond acceptors (Lipinski definition) is 2. The SMILES string of the molecule is CNC1CCN(C(=O)c2cc(F)c(Cl)cc2F)C1. The summed E-state index contributed by atoms with van der Waals surface area (Å²) in [6.45, 7) is 1.03. The summed E-state index contributed by atoms with van der Waals surface area (Å²) in [4.78, 5) is 13.5. The van der Waals surface area contributed by atoms with Gasteiger partial charge in [0.05, 0.1) is 10.6 Å². The summed E-state index contributed by atoms with van der Waals surface area (Å²) in [6, 6.07) is 1.89. The fraction of sp³-hybridized carbons (Fsp3) is 0.417. The van der Waals surface area contributed by atoms with Gasteiger partial charge >= 0.3 is 0 Å². The first-order chi connectivity index (χ1) is 8.52. The molecule has 3 nitrogen and oxygen atoms in total. The molecule has 1 atom stereocenters. The van der Waals surface area contributed by atoms with Crippen molar-refractivity contribution in [1.82, 2.24) is 10.2 Å². The number of amides is 1. The van der Waals surface area contributed by atoms with Crippen LogP contribution in [0.3, 0.4) is 0 Å². The van der Waals surface area contributed by atoms with Crippen molar-refractivity contribution in [2.45, 2.75) is 12.5 Å². The minimum Gasteiger partial charge on any atom is -0.337 e. The molecule has 1 amide bonds. The second-order valence-corrected chi connectivity index (χ2v) is 4.68. The van der Waals surface area contributed by atoms with E-state index in [0.717, 1.165) is 18.6 Å². The fourth-order valence-corrected chi connectivity index (χ4v) is 2.19. The Hall–Kier alpha value is -1.20. The van der Waals surface area contributed by atoms with Gasteiger partial charge in [-0.25, -0.2) is 8.78 Å². The normalized spacial score (nSPS) is 19.3. The molecule has 0 spiro atoms. The molecule has 1 N–H and O–H groups in total. The molecule has 0 aliphatic carbocycles. The van der Waals surface area contributed by atoms with Crippen LogP contribution in [0.4, 0.5) is 8.78 Å². The van der Waals surface area contributed by atoms with Crippen molar-refractivity contribution < 1.29 is 13.6 Å². The first kappa shape index (κ1) is 13.2. The van der Waals surface area contributed by atoms with E-state index in [1.165, 1.54) is 4.90 Å². The lowest BCUT2D eigenvalue weighted by Crippen LogP contribution is -2.33. The van der Waals surface area contributed by atoms with Gasteiger partial charge in [0.1, 0.15) is 11.6 Å². The van der Waals surface area contributed by atoms with Crippen LogP contribution in [0, 0.1) is 11.6 Å². The van der Waals surface area contributed by atoms with Gasteiger partial charge in [0, 0.05) is 19.1 Å². The summed E-state index contributed by atoms with van der Waals surface area (Å²) in [5.74, 6) is -2.08. The first-order valence-electron chi connectivity index (χ1n) is 5.64. The third kappa shape index (κ3) is 2.47. The Morgan fingerprint density at radius 3 is 2.78 bits per heavy atom. The number of carbonyl (C=O) groups excluding carboxylic acids is 1. The molecular weight excluding hydrogens is 262 g/mol. The third-order valence-corrected chi connectivity index (χ3v) is 3.41. The molecule has 1 heterocycles. The summed E-state index contributed by atoms with van der Waals surface area (Å²) in [7, 11) is 1.81. The third-order valence-electron chi connectivity index (χ3n) is 3.12. The highest BCUT2D eigenvalue weighted by Gasteiger charge is 2.28. The molecule has 1 aromatic carbocycles. The van der Waals surface area contributed by atoms with Crippen molar-refractivity contribution in [3.63, 3.8) is 0 Å². The van der Waals surface area contributed by atoms with Gasteiger partial charge in [-0.05, 0) is 25.6 Å². The van der Waals surface area contributed by atoms with Gasteiger partial charge in [-0.15, -0.1) is 0 Å². The maximum atomic E-state index is 13.6. The molecule has 1 aromatic rings. The number of likely N-dealkylation sites (N-methyl/N-ethyl adjacent to an activating group) is 1. The Labute approximate surface area is 109 Å². The molecule has 98 valence electrons. The van der Waals surface area contributed by atoms with Crippen LogP contribution in [0.25, 0.3) is 0 Å². The Kier molecular flexibility index (Phi) is 3.82. The molecule has 0 saturated carbocycles. The van der Waals surface area contributed by atoms with E-state index in [1.807, 2.05) is 0 Å². The molecule has 6 heteroatoms. The molecule has 1 fully saturated rings. The van der Waals surface area contributed by atoms with Gasteiger partial charge in [0.2, 0.25) is 0 Å². The van der Waals surface area contributed by atoms with E-state index >= 15 is 0 Å². The largest absolute Gasteiger partial charge is 0.337 e. The van der Waals surface area contributed by atoms with E-state index in [4.69, 9.17) is 11.6 Å². The Morgan fingerprint density at radius 2 is 2.17 bits per heavy atom. The average Bonchev–Trinajstić information content (AvgIpc) is 2.81. The van der Waals surface area contributed by atoms with E-state index in [0.29, 0.717) is 13.1 Å². The summed E-state index contributed by atoms with van der Waals surface area (Å²) >= 11 is 5.45. The first-order valence-corrected chi connectivity index (χ1v) is 6.01. The standard InChI is InChI=1S/C12H13ClF2N2O/c1-16-7-2-3-17(6-7)12(18)8-4-11(15)9(13)5-10(8)14/h4-5,7,16H,2-3,6H2,1H3. The summed E-state index contributed by atoms with van der Waals surface area (Å²) in [5.41, 5.74) is -0.270. The molecule has 18 heavy (non-hydrogen) atoms. The molecule has 1 unspecified atom stereocenters. The fourth-order valence-electron chi connectivity index (χ4n) is 2.04. The number of carbonyl (C=O) groups is 1. The lowest BCUT2D eigenvalue weighted by Gasteiger charge is -2.17. The Balaban J connectivity index is 2.22. The number of hydrogen-bond donors (Lipinski definition) is 1. The zero-order chi connectivity index (χ0) is 13.3. The average molecular weight is 275 g/mol. The van der Waals surface area contributed by atoms with Gasteiger partial charge in [0.15, 0.2) is 0 Å². The zero-order valence-electron chi connectivity index (χ0n) is 9.84. The van der Waals surface area contributed by atoms with E-state index in [1.54, 1.807) is 7.05 Å². The van der Waals surface area contributed by atoms with Crippen LogP contribution in [0.1, 0.15) is 16.8 Å². The highest BCUT2D eigenvalue weighted by molar-refractivity contribution is 6.30. The number of likely N-dealkylation sites (tertiary alicyclic amines) is 1. The maximum Gasteiger partial charge on any atom is 0.256 e. The topological polar surface area (TPSA) is 32.3 Å². The van der Waals surface area contributed by atoms with Crippen molar-refractivity contribution in [1.29, 1.82) is 0 Å². The highest BCUT2D eigenvalue weighted by atomic mass is 35.5. The van der Waals surface area contributed by atoms with Crippen molar-refractivity contribution in [3.05, 3.63) is 34.4 Å². The quantitative estimate of drug-likeness (QED) is 0.837. The minimum absolute atomic E-state index is 0.203. The molecule has 1 saturated heterocycles. The monoisotopic (exact) mass is 274 g/mol. The number of halogens is 3. The van der Waals surface area contributed by atoms with Crippen LogP contribution in [0.5, 0.6) is 0 Å². The molecule has 1 aliphatic rings. The van der Waals surface area contributed by atoms with Crippen molar-refractivity contribution >= 4 is 17.5 Å². The van der Waals surface area contributed by atoms with Gasteiger partial charge < -0.3 is 10.2 Å². The predicted octanol–water partition coefficient (Wildman–Crippen LogP) is 2.05. The smallest absolute Gasteiger partial charge is 0.256 e. The number of nitrogens with zero attached hydrogens (tertiary/aromatic N) is 1. The van der Waals surface area contributed by atoms with Crippen LogP contribution < -0.4 is 5.32 Å². The maximum absolute atomic E-state index is 13.6. The van der Waals surface area contributed by atoms with E-state index < -0.39 is 17.5 Å². The molecule has 0 aromatic heterocycles. The van der Waals surface area contributed by atoms with Crippen molar-refractivity contribution in [3.8, 4) is 0 Å². The number of nitrogens with one attached hydrogen (secondary N) is 1. The van der Waals surface area contributed by atoms with Gasteiger partial charge in [-0.1, -0.05) is 11.6 Å². The summed E-state index contributed by atoms with van der Waals surface area (Å²) < 4.78 is 26.9. The lowest BCUT2D eigenvalue weighted by molar-refractivity contribution is 0.0784. The lowest BCUT2D eigenvalue weighted by atomic mass is 10.2. The van der Waals surface area contributed by atoms with Gasteiger partial charge in [0.25, 0.3) is 5.91 Å². The van der Waals surface area contributed by atoms with Crippen molar-refractivity contribution in [2.75, 3.05) is 20.1 Å². The summed E-state index contributed by atoms with van der Waals surface area (Å²) in [6.07, 6.45) is 0.805. The highest BCUT2D eigenvalue weighted by Crippen LogP contribution is 2.22. The van der Waals surface area contributed by atoms with Crippen LogP contribution >= 0.6 is 11.6 Å². The molecule has 2 rings (SSSR count).